The van der Waals surface area contributed by atoms with Gasteiger partial charge in [0.05, 0.1) is 10.6 Å². The predicted molar refractivity (Wildman–Crippen MR) is 87.2 cm³/mol. The van der Waals surface area contributed by atoms with Crippen LogP contribution in [0.25, 0.3) is 10.1 Å². The fraction of sp³-hybridized carbons (Fsp3) is 0.333. The lowest BCUT2D eigenvalue weighted by molar-refractivity contribution is 0.0936. The molecule has 2 aromatic rings. The number of hydrogen-bond acceptors (Lipinski definition) is 3. The molecule has 104 valence electrons. The average molecular weight is 304 g/mol. The van der Waals surface area contributed by atoms with Crippen molar-refractivity contribution in [2.45, 2.75) is 25.3 Å². The van der Waals surface area contributed by atoms with Crippen LogP contribution in [0, 0.1) is 5.92 Å². The van der Waals surface area contributed by atoms with E-state index in [1.54, 1.807) is 11.3 Å². The van der Waals surface area contributed by atoms with E-state index in [-0.39, 0.29) is 17.9 Å². The Balaban J connectivity index is 1.81. The van der Waals surface area contributed by atoms with Crippen molar-refractivity contribution in [1.82, 2.24) is 5.32 Å². The molecule has 1 aromatic heterocycles. The van der Waals surface area contributed by atoms with Crippen molar-refractivity contribution in [3.63, 3.8) is 0 Å². The molecule has 0 radical (unpaired) electrons. The fourth-order valence-corrected chi connectivity index (χ4v) is 4.10. The van der Waals surface area contributed by atoms with E-state index < -0.39 is 0 Å². The number of thiocarbonyl (C=S) groups is 1. The summed E-state index contributed by atoms with van der Waals surface area (Å²) in [5.74, 6) is 0.120. The van der Waals surface area contributed by atoms with Gasteiger partial charge >= 0.3 is 0 Å². The zero-order valence-corrected chi connectivity index (χ0v) is 12.6. The molecule has 0 aliphatic heterocycles. The summed E-state index contributed by atoms with van der Waals surface area (Å²) in [5.41, 5.74) is 6.50. The number of benzene rings is 1. The maximum atomic E-state index is 12.5. The molecule has 1 aromatic carbocycles. The lowest BCUT2D eigenvalue weighted by Crippen LogP contribution is -2.41. The highest BCUT2D eigenvalue weighted by Crippen LogP contribution is 2.28. The van der Waals surface area contributed by atoms with Crippen molar-refractivity contribution in [1.29, 1.82) is 0 Å². The minimum absolute atomic E-state index is 0.0180. The van der Waals surface area contributed by atoms with Gasteiger partial charge < -0.3 is 11.1 Å². The number of carbonyl (C=O) groups excluding carboxylic acids is 1. The van der Waals surface area contributed by atoms with Crippen LogP contribution in [0.1, 0.15) is 29.6 Å². The van der Waals surface area contributed by atoms with Crippen molar-refractivity contribution in [2.24, 2.45) is 11.7 Å². The van der Waals surface area contributed by atoms with E-state index in [1.165, 1.54) is 0 Å². The second kappa shape index (κ2) is 5.50. The Morgan fingerprint density at radius 2 is 2.15 bits per heavy atom. The van der Waals surface area contributed by atoms with E-state index in [4.69, 9.17) is 18.0 Å². The summed E-state index contributed by atoms with van der Waals surface area (Å²) in [7, 11) is 0. The zero-order valence-electron chi connectivity index (χ0n) is 11.0. The normalized spacial score (nSPS) is 22.0. The van der Waals surface area contributed by atoms with Crippen LogP contribution >= 0.6 is 23.6 Å². The maximum Gasteiger partial charge on any atom is 0.252 e. The highest BCUT2D eigenvalue weighted by Gasteiger charge is 2.31. The quantitative estimate of drug-likeness (QED) is 0.857. The second-order valence-corrected chi connectivity index (χ2v) is 6.55. The van der Waals surface area contributed by atoms with Crippen LogP contribution in [0.4, 0.5) is 0 Å². The molecule has 1 fully saturated rings. The van der Waals surface area contributed by atoms with Gasteiger partial charge in [0.2, 0.25) is 0 Å². The number of amides is 1. The van der Waals surface area contributed by atoms with Crippen molar-refractivity contribution in [3.05, 3.63) is 35.2 Å². The molecule has 2 unspecified atom stereocenters. The van der Waals surface area contributed by atoms with Gasteiger partial charge in [-0.25, -0.2) is 0 Å². The Morgan fingerprint density at radius 1 is 1.35 bits per heavy atom. The molecule has 2 atom stereocenters. The van der Waals surface area contributed by atoms with Crippen LogP contribution in [-0.4, -0.2) is 16.9 Å². The Kier molecular flexibility index (Phi) is 3.72. The molecule has 0 spiro atoms. The highest BCUT2D eigenvalue weighted by molar-refractivity contribution is 7.80. The van der Waals surface area contributed by atoms with Gasteiger partial charge in [0, 0.05) is 27.4 Å². The van der Waals surface area contributed by atoms with Crippen LogP contribution in [0.15, 0.2) is 29.6 Å². The molecule has 5 heteroatoms. The number of hydrogen-bond donors (Lipinski definition) is 2. The van der Waals surface area contributed by atoms with Crippen molar-refractivity contribution in [2.75, 3.05) is 0 Å². The van der Waals surface area contributed by atoms with E-state index in [9.17, 15) is 4.79 Å². The van der Waals surface area contributed by atoms with E-state index in [0.29, 0.717) is 4.99 Å². The molecule has 3 N–H and O–H groups in total. The molecule has 0 saturated heterocycles. The molecule has 3 rings (SSSR count). The third kappa shape index (κ3) is 2.43. The van der Waals surface area contributed by atoms with E-state index >= 15 is 0 Å². The summed E-state index contributed by atoms with van der Waals surface area (Å²) in [5, 5.41) is 6.04. The van der Waals surface area contributed by atoms with Gasteiger partial charge in [0.1, 0.15) is 0 Å². The standard InChI is InChI=1S/C15H16N2OS2/c16-14(19)10-5-3-6-12(10)17-15(18)11-8-20-13-7-2-1-4-9(11)13/h1-2,4,7-8,10,12H,3,5-6H2,(H2,16,19)(H,17,18). The van der Waals surface area contributed by atoms with Gasteiger partial charge in [-0.3, -0.25) is 4.79 Å². The van der Waals surface area contributed by atoms with E-state index in [1.807, 2.05) is 29.6 Å². The summed E-state index contributed by atoms with van der Waals surface area (Å²) in [4.78, 5) is 13.0. The molecule has 20 heavy (non-hydrogen) atoms. The van der Waals surface area contributed by atoms with Gasteiger partial charge in [-0.1, -0.05) is 36.8 Å². The average Bonchev–Trinajstić information content (AvgIpc) is 3.04. The Labute approximate surface area is 127 Å². The molecule has 1 heterocycles. The van der Waals surface area contributed by atoms with Gasteiger partial charge in [-0.15, -0.1) is 11.3 Å². The second-order valence-electron chi connectivity index (χ2n) is 5.17. The number of fused-ring (bicyclic) bond motifs is 1. The third-order valence-electron chi connectivity index (χ3n) is 3.92. The molecule has 1 aliphatic rings. The monoisotopic (exact) mass is 304 g/mol. The molecular weight excluding hydrogens is 288 g/mol. The largest absolute Gasteiger partial charge is 0.393 e. The van der Waals surface area contributed by atoms with Crippen molar-refractivity contribution in [3.8, 4) is 0 Å². The number of carbonyl (C=O) groups is 1. The molecule has 1 aliphatic carbocycles. The summed E-state index contributed by atoms with van der Waals surface area (Å²) < 4.78 is 1.13. The molecular formula is C15H16N2OS2. The highest BCUT2D eigenvalue weighted by atomic mass is 32.1. The third-order valence-corrected chi connectivity index (χ3v) is 5.19. The van der Waals surface area contributed by atoms with Gasteiger partial charge in [-0.05, 0) is 18.9 Å². The number of nitrogens with one attached hydrogen (secondary N) is 1. The lowest BCUT2D eigenvalue weighted by atomic mass is 10.0. The first kappa shape index (κ1) is 13.5. The SMILES string of the molecule is NC(=S)C1CCCC1NC(=O)c1csc2ccccc12. The van der Waals surface area contributed by atoms with E-state index in [2.05, 4.69) is 5.32 Å². The first-order valence-electron chi connectivity index (χ1n) is 6.73. The van der Waals surface area contributed by atoms with E-state index in [0.717, 1.165) is 34.9 Å². The van der Waals surface area contributed by atoms with Gasteiger partial charge in [0.15, 0.2) is 0 Å². The number of nitrogens with two attached hydrogens (primary N) is 1. The first-order chi connectivity index (χ1) is 9.66. The predicted octanol–water partition coefficient (Wildman–Crippen LogP) is 3.09. The first-order valence-corrected chi connectivity index (χ1v) is 8.02. The van der Waals surface area contributed by atoms with Crippen LogP contribution < -0.4 is 11.1 Å². The fourth-order valence-electron chi connectivity index (χ4n) is 2.87. The summed E-state index contributed by atoms with van der Waals surface area (Å²) in [6, 6.07) is 8.04. The summed E-state index contributed by atoms with van der Waals surface area (Å²) in [6.07, 6.45) is 3.00. The molecule has 1 saturated carbocycles. The maximum absolute atomic E-state index is 12.5. The number of thiophene rings is 1. The van der Waals surface area contributed by atoms with Crippen molar-refractivity contribution >= 4 is 44.5 Å². The Bertz CT molecular complexity index is 665. The van der Waals surface area contributed by atoms with Crippen LogP contribution in [-0.2, 0) is 0 Å². The van der Waals surface area contributed by atoms with Crippen molar-refractivity contribution < 1.29 is 4.79 Å². The minimum atomic E-state index is -0.0180. The van der Waals surface area contributed by atoms with Crippen LogP contribution in [0.3, 0.4) is 0 Å². The van der Waals surface area contributed by atoms with Crippen LogP contribution in [0.5, 0.6) is 0 Å². The summed E-state index contributed by atoms with van der Waals surface area (Å²) >= 11 is 6.69. The summed E-state index contributed by atoms with van der Waals surface area (Å²) in [6.45, 7) is 0. The van der Waals surface area contributed by atoms with Gasteiger partial charge in [0.25, 0.3) is 5.91 Å². The number of rotatable bonds is 3. The molecule has 3 nitrogen and oxygen atoms in total. The molecule has 1 amide bonds. The molecule has 0 bridgehead atoms. The lowest BCUT2D eigenvalue weighted by Gasteiger charge is -2.19. The van der Waals surface area contributed by atoms with Crippen LogP contribution in [0.2, 0.25) is 0 Å². The minimum Gasteiger partial charge on any atom is -0.393 e. The Hall–Kier alpha value is -1.46. The Morgan fingerprint density at radius 3 is 2.95 bits per heavy atom. The van der Waals surface area contributed by atoms with Gasteiger partial charge in [-0.2, -0.15) is 0 Å². The topological polar surface area (TPSA) is 55.1 Å². The smallest absolute Gasteiger partial charge is 0.252 e. The zero-order chi connectivity index (χ0) is 14.1.